The minimum absolute atomic E-state index is 0.203. The minimum atomic E-state index is -3.49. The fourth-order valence-corrected chi connectivity index (χ4v) is 4.26. The predicted octanol–water partition coefficient (Wildman–Crippen LogP) is 2.27. The van der Waals surface area contributed by atoms with E-state index < -0.39 is 19.7 Å². The van der Waals surface area contributed by atoms with Crippen molar-refractivity contribution in [2.75, 3.05) is 12.8 Å². The van der Waals surface area contributed by atoms with Crippen molar-refractivity contribution in [3.63, 3.8) is 0 Å². The van der Waals surface area contributed by atoms with Crippen molar-refractivity contribution >= 4 is 43.2 Å². The molecule has 0 bridgehead atoms. The summed E-state index contributed by atoms with van der Waals surface area (Å²) in [5.41, 5.74) is 0.803. The van der Waals surface area contributed by atoms with Gasteiger partial charge in [-0.25, -0.2) is 18.4 Å². The smallest absolute Gasteiger partial charge is 0.253 e. The lowest BCUT2D eigenvalue weighted by molar-refractivity contribution is -0.128. The first-order chi connectivity index (χ1) is 11.7. The Hall–Kier alpha value is -1.80. The highest BCUT2D eigenvalue weighted by atomic mass is 79.9. The molecule has 0 N–H and O–H groups in total. The van der Waals surface area contributed by atoms with Crippen molar-refractivity contribution in [1.29, 1.82) is 0 Å². The van der Waals surface area contributed by atoms with Gasteiger partial charge in [-0.2, -0.15) is 0 Å². The van der Waals surface area contributed by atoms with E-state index in [4.69, 9.17) is 0 Å². The molecule has 3 rings (SSSR count). The van der Waals surface area contributed by atoms with Crippen LogP contribution in [0.15, 0.2) is 52.0 Å². The molecular formula is C17H18BrN3O3S. The lowest BCUT2D eigenvalue weighted by atomic mass is 9.89. The second-order valence-corrected chi connectivity index (χ2v) is 9.34. The molecule has 2 heterocycles. The third-order valence-corrected chi connectivity index (χ3v) is 6.22. The third kappa shape index (κ3) is 2.97. The number of halogens is 1. The monoisotopic (exact) mass is 423 g/mol. The quantitative estimate of drug-likeness (QED) is 0.699. The van der Waals surface area contributed by atoms with Crippen LogP contribution in [0.4, 0.5) is 0 Å². The van der Waals surface area contributed by atoms with E-state index in [1.165, 1.54) is 4.90 Å². The van der Waals surface area contributed by atoms with E-state index in [-0.39, 0.29) is 5.91 Å². The molecule has 1 amide bonds. The fraction of sp³-hybridized carbons (Fsp3) is 0.353. The van der Waals surface area contributed by atoms with E-state index >= 15 is 0 Å². The van der Waals surface area contributed by atoms with Crippen molar-refractivity contribution in [3.05, 3.63) is 47.5 Å². The van der Waals surface area contributed by atoms with Gasteiger partial charge in [-0.1, -0.05) is 46.3 Å². The van der Waals surface area contributed by atoms with Crippen LogP contribution < -0.4 is 0 Å². The van der Waals surface area contributed by atoms with Gasteiger partial charge in [0, 0.05) is 24.1 Å². The third-order valence-electron chi connectivity index (χ3n) is 4.22. The van der Waals surface area contributed by atoms with E-state index in [1.807, 2.05) is 37.3 Å². The largest absolute Gasteiger partial charge is 0.295 e. The fourth-order valence-electron chi connectivity index (χ4n) is 2.91. The Bertz CT molecular complexity index is 922. The molecule has 132 valence electrons. The van der Waals surface area contributed by atoms with Gasteiger partial charge in [-0.15, -0.1) is 0 Å². The highest BCUT2D eigenvalue weighted by Gasteiger charge is 2.46. The second-order valence-electron chi connectivity index (χ2n) is 6.01. The molecule has 0 saturated heterocycles. The first kappa shape index (κ1) is 18.0. The number of amidine groups is 1. The lowest BCUT2D eigenvalue weighted by Crippen LogP contribution is -2.52. The molecule has 6 nitrogen and oxygen atoms in total. The molecule has 2 unspecified atom stereocenters. The molecule has 2 aliphatic heterocycles. The van der Waals surface area contributed by atoms with Gasteiger partial charge in [0.2, 0.25) is 5.50 Å². The van der Waals surface area contributed by atoms with E-state index in [0.717, 1.165) is 11.8 Å². The Labute approximate surface area is 155 Å². The number of aliphatic imine (C=N–C) groups is 2. The number of carbonyl (C=O) groups excluding carboxylic acids is 1. The van der Waals surface area contributed by atoms with Crippen LogP contribution in [0.3, 0.4) is 0 Å². The Kier molecular flexibility index (Phi) is 4.45. The SMILES string of the molecule is CCN1C(=O)C(Br)(c2ccccc2)C=C2C(C)=NC(S(C)(=O)=O)N=C21. The zero-order chi connectivity index (χ0) is 18.4. The summed E-state index contributed by atoms with van der Waals surface area (Å²) in [5.74, 6) is 0.159. The molecular weight excluding hydrogens is 406 g/mol. The highest BCUT2D eigenvalue weighted by Crippen LogP contribution is 2.41. The van der Waals surface area contributed by atoms with Gasteiger partial charge in [0.15, 0.2) is 9.84 Å². The number of fused-ring (bicyclic) bond motifs is 1. The van der Waals surface area contributed by atoms with E-state index in [2.05, 4.69) is 25.9 Å². The molecule has 0 spiro atoms. The van der Waals surface area contributed by atoms with Crippen LogP contribution in [0.1, 0.15) is 19.4 Å². The molecule has 8 heteroatoms. The van der Waals surface area contributed by atoms with Crippen LogP contribution >= 0.6 is 15.9 Å². The van der Waals surface area contributed by atoms with E-state index in [0.29, 0.717) is 23.7 Å². The maximum atomic E-state index is 13.2. The molecule has 25 heavy (non-hydrogen) atoms. The van der Waals surface area contributed by atoms with Gasteiger partial charge in [0.05, 0.1) is 0 Å². The summed E-state index contributed by atoms with van der Waals surface area (Å²) in [6.07, 6.45) is 2.86. The van der Waals surface area contributed by atoms with Gasteiger partial charge >= 0.3 is 0 Å². The Morgan fingerprint density at radius 2 is 1.88 bits per heavy atom. The van der Waals surface area contributed by atoms with E-state index in [9.17, 15) is 13.2 Å². The highest BCUT2D eigenvalue weighted by molar-refractivity contribution is 9.10. The number of nitrogens with zero attached hydrogens (tertiary/aromatic N) is 3. The van der Waals surface area contributed by atoms with E-state index in [1.54, 1.807) is 13.0 Å². The van der Waals surface area contributed by atoms with Crippen molar-refractivity contribution in [2.45, 2.75) is 23.7 Å². The summed E-state index contributed by atoms with van der Waals surface area (Å²) < 4.78 is 22.7. The van der Waals surface area contributed by atoms with Gasteiger partial charge in [-0.3, -0.25) is 9.69 Å². The number of hydrogen-bond acceptors (Lipinski definition) is 5. The Morgan fingerprint density at radius 3 is 2.44 bits per heavy atom. The van der Waals surface area contributed by atoms with Crippen molar-refractivity contribution in [3.8, 4) is 0 Å². The van der Waals surface area contributed by atoms with Gasteiger partial charge in [0.25, 0.3) is 5.91 Å². The summed E-state index contributed by atoms with van der Waals surface area (Å²) in [6.45, 7) is 3.94. The zero-order valence-corrected chi connectivity index (χ0v) is 16.5. The molecule has 0 fully saturated rings. The number of carbonyl (C=O) groups is 1. The van der Waals surface area contributed by atoms with Crippen molar-refractivity contribution in [1.82, 2.24) is 4.90 Å². The molecule has 0 aliphatic carbocycles. The maximum Gasteiger partial charge on any atom is 0.253 e. The number of likely N-dealkylation sites (N-methyl/N-ethyl adjacent to an activating group) is 1. The number of rotatable bonds is 3. The van der Waals surface area contributed by atoms with Gasteiger partial charge in [-0.05, 0) is 25.5 Å². The first-order valence-electron chi connectivity index (χ1n) is 7.79. The molecule has 0 saturated carbocycles. The summed E-state index contributed by atoms with van der Waals surface area (Å²) in [7, 11) is -3.49. The normalized spacial score (nSPS) is 26.6. The van der Waals surface area contributed by atoms with Crippen LogP contribution in [0.5, 0.6) is 0 Å². The molecule has 1 aromatic carbocycles. The summed E-state index contributed by atoms with van der Waals surface area (Å²) >= 11 is 3.60. The average Bonchev–Trinajstić information content (AvgIpc) is 2.57. The van der Waals surface area contributed by atoms with Crippen LogP contribution in [0.25, 0.3) is 0 Å². The topological polar surface area (TPSA) is 79.2 Å². The van der Waals surface area contributed by atoms with Crippen LogP contribution in [-0.2, 0) is 19.0 Å². The zero-order valence-electron chi connectivity index (χ0n) is 14.1. The first-order valence-corrected chi connectivity index (χ1v) is 10.5. The standard InChI is InChI=1S/C17H18BrN3O3S/c1-4-21-14-13(11(2)19-16(20-14)25(3,23)24)10-17(18,15(21)22)12-8-6-5-7-9-12/h5-10,16H,4H2,1-3H3. The van der Waals surface area contributed by atoms with Crippen LogP contribution in [0.2, 0.25) is 0 Å². The Balaban J connectivity index is 2.22. The van der Waals surface area contributed by atoms with Crippen molar-refractivity contribution in [2.24, 2.45) is 9.98 Å². The molecule has 2 aliphatic rings. The Morgan fingerprint density at radius 1 is 1.24 bits per heavy atom. The van der Waals surface area contributed by atoms with Crippen LogP contribution in [-0.4, -0.2) is 49.1 Å². The molecule has 1 aromatic rings. The molecule has 0 radical (unpaired) electrons. The number of sulfone groups is 1. The minimum Gasteiger partial charge on any atom is -0.295 e. The number of amides is 1. The molecule has 0 aromatic heterocycles. The van der Waals surface area contributed by atoms with Gasteiger partial charge < -0.3 is 0 Å². The predicted molar refractivity (Wildman–Crippen MR) is 102 cm³/mol. The van der Waals surface area contributed by atoms with Crippen molar-refractivity contribution < 1.29 is 13.2 Å². The number of hydrogen-bond donors (Lipinski definition) is 0. The summed E-state index contributed by atoms with van der Waals surface area (Å²) in [5, 5.41) is 0. The summed E-state index contributed by atoms with van der Waals surface area (Å²) in [6, 6.07) is 9.36. The maximum absolute atomic E-state index is 13.2. The average molecular weight is 424 g/mol. The number of benzene rings is 1. The molecule has 2 atom stereocenters. The van der Waals surface area contributed by atoms with Crippen LogP contribution in [0, 0.1) is 0 Å². The second kappa shape index (κ2) is 6.17. The number of alkyl halides is 1. The lowest BCUT2D eigenvalue weighted by Gasteiger charge is -2.39. The summed E-state index contributed by atoms with van der Waals surface area (Å²) in [4.78, 5) is 23.1. The van der Waals surface area contributed by atoms with Gasteiger partial charge in [0.1, 0.15) is 10.2 Å².